The van der Waals surface area contributed by atoms with Gasteiger partial charge in [0.25, 0.3) is 0 Å². The van der Waals surface area contributed by atoms with Crippen molar-refractivity contribution in [3.05, 3.63) is 35.9 Å². The van der Waals surface area contributed by atoms with E-state index in [1.54, 1.807) is 0 Å². The molecule has 0 spiro atoms. The molecule has 1 saturated heterocycles. The predicted molar refractivity (Wildman–Crippen MR) is 93.2 cm³/mol. The molecule has 1 aromatic rings. The zero-order valence-electron chi connectivity index (χ0n) is 14.4. The fourth-order valence-corrected chi connectivity index (χ4v) is 3.51. The maximum atomic E-state index is 10.2. The Morgan fingerprint density at radius 3 is 2.45 bits per heavy atom. The standard InChI is InChI=1S/C19H32N2O/c1-16(13-19(2,3)17-9-5-4-6-10-17)20-14-18(22)15-21-11-7-8-12-21/h4-6,9-10,16,18,20,22H,7-8,11-15H2,1-3H3. The van der Waals surface area contributed by atoms with Crippen molar-refractivity contribution in [2.24, 2.45) is 0 Å². The first-order valence-electron chi connectivity index (χ1n) is 8.67. The average Bonchev–Trinajstić information content (AvgIpc) is 2.98. The summed E-state index contributed by atoms with van der Waals surface area (Å²) in [5.41, 5.74) is 1.52. The van der Waals surface area contributed by atoms with Gasteiger partial charge in [0, 0.05) is 19.1 Å². The lowest BCUT2D eigenvalue weighted by Gasteiger charge is -2.30. The number of nitrogens with zero attached hydrogens (tertiary/aromatic N) is 1. The summed E-state index contributed by atoms with van der Waals surface area (Å²) < 4.78 is 0. The number of benzene rings is 1. The van der Waals surface area contributed by atoms with E-state index >= 15 is 0 Å². The van der Waals surface area contributed by atoms with Gasteiger partial charge in [0.2, 0.25) is 0 Å². The number of rotatable bonds is 8. The summed E-state index contributed by atoms with van der Waals surface area (Å²) in [5, 5.41) is 13.7. The lowest BCUT2D eigenvalue weighted by molar-refractivity contribution is 0.119. The summed E-state index contributed by atoms with van der Waals surface area (Å²) in [4.78, 5) is 2.37. The molecule has 2 N–H and O–H groups in total. The Morgan fingerprint density at radius 1 is 1.18 bits per heavy atom. The average molecular weight is 304 g/mol. The van der Waals surface area contributed by atoms with Gasteiger partial charge in [-0.15, -0.1) is 0 Å². The minimum absolute atomic E-state index is 0.146. The molecule has 0 saturated carbocycles. The van der Waals surface area contributed by atoms with E-state index in [1.165, 1.54) is 18.4 Å². The van der Waals surface area contributed by atoms with Crippen LogP contribution in [0.4, 0.5) is 0 Å². The van der Waals surface area contributed by atoms with Crippen LogP contribution in [-0.4, -0.2) is 48.3 Å². The highest BCUT2D eigenvalue weighted by molar-refractivity contribution is 5.23. The summed E-state index contributed by atoms with van der Waals surface area (Å²) >= 11 is 0. The van der Waals surface area contributed by atoms with Crippen molar-refractivity contribution in [1.82, 2.24) is 10.2 Å². The van der Waals surface area contributed by atoms with Crippen molar-refractivity contribution in [2.45, 2.75) is 57.6 Å². The van der Waals surface area contributed by atoms with E-state index in [-0.39, 0.29) is 11.5 Å². The van der Waals surface area contributed by atoms with Gasteiger partial charge in [0.1, 0.15) is 0 Å². The molecule has 2 rings (SSSR count). The van der Waals surface area contributed by atoms with Gasteiger partial charge in [0.05, 0.1) is 6.10 Å². The highest BCUT2D eigenvalue weighted by Gasteiger charge is 2.23. The number of aliphatic hydroxyl groups is 1. The molecule has 3 heteroatoms. The summed E-state index contributed by atoms with van der Waals surface area (Å²) in [7, 11) is 0. The molecule has 0 bridgehead atoms. The maximum Gasteiger partial charge on any atom is 0.0791 e. The van der Waals surface area contributed by atoms with E-state index in [0.29, 0.717) is 12.6 Å². The number of hydrogen-bond donors (Lipinski definition) is 2. The van der Waals surface area contributed by atoms with Crippen LogP contribution in [0.2, 0.25) is 0 Å². The van der Waals surface area contributed by atoms with Crippen LogP contribution in [0.15, 0.2) is 30.3 Å². The molecule has 0 radical (unpaired) electrons. The van der Waals surface area contributed by atoms with Crippen molar-refractivity contribution in [1.29, 1.82) is 0 Å². The van der Waals surface area contributed by atoms with Crippen molar-refractivity contribution >= 4 is 0 Å². The van der Waals surface area contributed by atoms with Crippen LogP contribution in [-0.2, 0) is 5.41 Å². The highest BCUT2D eigenvalue weighted by Crippen LogP contribution is 2.28. The zero-order valence-corrected chi connectivity index (χ0v) is 14.4. The lowest BCUT2D eigenvalue weighted by Crippen LogP contribution is -2.41. The SMILES string of the molecule is CC(CC(C)(C)c1ccccc1)NCC(O)CN1CCCC1. The molecule has 1 aliphatic rings. The van der Waals surface area contributed by atoms with Gasteiger partial charge in [-0.1, -0.05) is 44.2 Å². The third-order valence-electron chi connectivity index (χ3n) is 4.74. The van der Waals surface area contributed by atoms with Gasteiger partial charge in [-0.05, 0) is 50.3 Å². The maximum absolute atomic E-state index is 10.2. The highest BCUT2D eigenvalue weighted by atomic mass is 16.3. The molecule has 124 valence electrons. The van der Waals surface area contributed by atoms with E-state index in [9.17, 15) is 5.11 Å². The fourth-order valence-electron chi connectivity index (χ4n) is 3.51. The van der Waals surface area contributed by atoms with E-state index < -0.39 is 0 Å². The van der Waals surface area contributed by atoms with Crippen LogP contribution in [0, 0.1) is 0 Å². The molecule has 1 fully saturated rings. The monoisotopic (exact) mass is 304 g/mol. The molecule has 1 heterocycles. The Hall–Kier alpha value is -0.900. The zero-order chi connectivity index (χ0) is 16.0. The molecule has 0 aliphatic carbocycles. The Kier molecular flexibility index (Phi) is 6.42. The Morgan fingerprint density at radius 2 is 1.82 bits per heavy atom. The van der Waals surface area contributed by atoms with Crippen LogP contribution in [0.5, 0.6) is 0 Å². The summed E-state index contributed by atoms with van der Waals surface area (Å²) in [6, 6.07) is 11.1. The van der Waals surface area contributed by atoms with E-state index in [1.807, 2.05) is 0 Å². The first-order chi connectivity index (χ1) is 10.5. The van der Waals surface area contributed by atoms with Crippen LogP contribution < -0.4 is 5.32 Å². The third kappa shape index (κ3) is 5.38. The molecule has 0 aromatic heterocycles. The van der Waals surface area contributed by atoms with Gasteiger partial charge < -0.3 is 15.3 Å². The second kappa shape index (κ2) is 8.09. The van der Waals surface area contributed by atoms with Crippen molar-refractivity contribution in [3.8, 4) is 0 Å². The normalized spacial score (nSPS) is 19.3. The number of nitrogens with one attached hydrogen (secondary N) is 1. The van der Waals surface area contributed by atoms with Crippen LogP contribution >= 0.6 is 0 Å². The van der Waals surface area contributed by atoms with Crippen LogP contribution in [0.1, 0.15) is 45.6 Å². The lowest BCUT2D eigenvalue weighted by atomic mass is 9.79. The Bertz CT molecular complexity index is 426. The minimum Gasteiger partial charge on any atom is -0.390 e. The molecule has 22 heavy (non-hydrogen) atoms. The molecule has 1 aromatic carbocycles. The second-order valence-corrected chi connectivity index (χ2v) is 7.42. The third-order valence-corrected chi connectivity index (χ3v) is 4.74. The van der Waals surface area contributed by atoms with Gasteiger partial charge in [0.15, 0.2) is 0 Å². The van der Waals surface area contributed by atoms with Gasteiger partial charge in [-0.2, -0.15) is 0 Å². The summed E-state index contributed by atoms with van der Waals surface area (Å²) in [6.45, 7) is 10.6. The van der Waals surface area contributed by atoms with Crippen molar-refractivity contribution < 1.29 is 5.11 Å². The molecular weight excluding hydrogens is 272 g/mol. The van der Waals surface area contributed by atoms with Gasteiger partial charge >= 0.3 is 0 Å². The molecule has 3 nitrogen and oxygen atoms in total. The van der Waals surface area contributed by atoms with E-state index in [0.717, 1.165) is 26.1 Å². The van der Waals surface area contributed by atoms with Crippen LogP contribution in [0.25, 0.3) is 0 Å². The molecule has 1 aliphatic heterocycles. The number of aliphatic hydroxyl groups excluding tert-OH is 1. The quantitative estimate of drug-likeness (QED) is 0.775. The first kappa shape index (κ1) is 17.5. The summed E-state index contributed by atoms with van der Waals surface area (Å²) in [5.74, 6) is 0. The smallest absolute Gasteiger partial charge is 0.0791 e. The minimum atomic E-state index is -0.264. The topological polar surface area (TPSA) is 35.5 Å². The summed E-state index contributed by atoms with van der Waals surface area (Å²) in [6.07, 6.45) is 3.36. The van der Waals surface area contributed by atoms with Gasteiger partial charge in [-0.25, -0.2) is 0 Å². The van der Waals surface area contributed by atoms with Crippen molar-refractivity contribution in [2.75, 3.05) is 26.2 Å². The Labute approximate surface area is 135 Å². The largest absolute Gasteiger partial charge is 0.390 e. The van der Waals surface area contributed by atoms with Gasteiger partial charge in [-0.3, -0.25) is 0 Å². The molecule has 2 atom stereocenters. The molecule has 2 unspecified atom stereocenters. The van der Waals surface area contributed by atoms with Crippen LogP contribution in [0.3, 0.4) is 0 Å². The first-order valence-corrected chi connectivity index (χ1v) is 8.67. The van der Waals surface area contributed by atoms with E-state index in [2.05, 4.69) is 61.3 Å². The molecular formula is C19H32N2O. The number of likely N-dealkylation sites (tertiary alicyclic amines) is 1. The van der Waals surface area contributed by atoms with Crippen molar-refractivity contribution in [3.63, 3.8) is 0 Å². The fraction of sp³-hybridized carbons (Fsp3) is 0.684. The van der Waals surface area contributed by atoms with E-state index in [4.69, 9.17) is 0 Å². The number of β-amino-alcohol motifs (C(OH)–C–C–N with tert-alkyl or cyclic N) is 1. The number of hydrogen-bond acceptors (Lipinski definition) is 3. The predicted octanol–water partition coefficient (Wildman–Crippen LogP) is 2.79. The Balaban J connectivity index is 1.73. The molecule has 0 amide bonds. The second-order valence-electron chi connectivity index (χ2n) is 7.42.